The molecular weight excluding hydrogens is 150 g/mol. The van der Waals surface area contributed by atoms with E-state index in [2.05, 4.69) is 23.9 Å². The third kappa shape index (κ3) is 1.24. The predicted molar refractivity (Wildman–Crippen MR) is 47.1 cm³/mol. The number of nitrogens with zero attached hydrogens (tertiary/aromatic N) is 3. The molecule has 0 aliphatic heterocycles. The summed E-state index contributed by atoms with van der Waals surface area (Å²) in [7, 11) is 1.99. The fourth-order valence-corrected chi connectivity index (χ4v) is 1.36. The van der Waals surface area contributed by atoms with E-state index in [9.17, 15) is 0 Å². The summed E-state index contributed by atoms with van der Waals surface area (Å²) >= 11 is 0. The molecule has 0 N–H and O–H groups in total. The van der Waals surface area contributed by atoms with Crippen molar-refractivity contribution in [3.05, 3.63) is 11.6 Å². The van der Waals surface area contributed by atoms with Crippen molar-refractivity contribution < 1.29 is 0 Å². The first kappa shape index (κ1) is 7.77. The fourth-order valence-electron chi connectivity index (χ4n) is 1.36. The molecule has 0 atom stereocenters. The van der Waals surface area contributed by atoms with E-state index in [0.29, 0.717) is 11.8 Å². The van der Waals surface area contributed by atoms with Gasteiger partial charge < -0.3 is 0 Å². The zero-order valence-electron chi connectivity index (χ0n) is 7.91. The van der Waals surface area contributed by atoms with Crippen molar-refractivity contribution in [1.29, 1.82) is 0 Å². The molecule has 66 valence electrons. The summed E-state index contributed by atoms with van der Waals surface area (Å²) in [6.45, 7) is 4.26. The van der Waals surface area contributed by atoms with Gasteiger partial charge >= 0.3 is 0 Å². The minimum atomic E-state index is 0.448. The lowest BCUT2D eigenvalue weighted by Gasteiger charge is -1.93. The molecule has 1 saturated carbocycles. The molecular formula is C9H15N3. The Morgan fingerprint density at radius 2 is 2.08 bits per heavy atom. The van der Waals surface area contributed by atoms with Gasteiger partial charge in [-0.3, -0.25) is 4.68 Å². The van der Waals surface area contributed by atoms with Crippen molar-refractivity contribution in [2.75, 3.05) is 0 Å². The molecule has 1 aromatic rings. The van der Waals surface area contributed by atoms with Crippen LogP contribution >= 0.6 is 0 Å². The molecule has 0 bridgehead atoms. The highest BCUT2D eigenvalue weighted by molar-refractivity contribution is 5.08. The molecule has 1 heterocycles. The summed E-state index contributed by atoms with van der Waals surface area (Å²) in [4.78, 5) is 4.52. The van der Waals surface area contributed by atoms with Crippen LogP contribution in [0.4, 0.5) is 0 Å². The molecule has 0 amide bonds. The average Bonchev–Trinajstić information content (AvgIpc) is 2.75. The van der Waals surface area contributed by atoms with E-state index in [4.69, 9.17) is 0 Å². The van der Waals surface area contributed by atoms with Crippen molar-refractivity contribution in [1.82, 2.24) is 14.8 Å². The van der Waals surface area contributed by atoms with Crippen LogP contribution in [0, 0.1) is 0 Å². The van der Waals surface area contributed by atoms with Gasteiger partial charge in [-0.1, -0.05) is 13.8 Å². The lowest BCUT2D eigenvalue weighted by atomic mass is 10.2. The lowest BCUT2D eigenvalue weighted by molar-refractivity contribution is 0.682. The van der Waals surface area contributed by atoms with E-state index in [-0.39, 0.29) is 0 Å². The van der Waals surface area contributed by atoms with Crippen molar-refractivity contribution in [3.63, 3.8) is 0 Å². The number of rotatable bonds is 2. The molecule has 1 aliphatic carbocycles. The Labute approximate surface area is 72.8 Å². The number of aryl methyl sites for hydroxylation is 1. The van der Waals surface area contributed by atoms with Gasteiger partial charge in [-0.15, -0.1) is 0 Å². The van der Waals surface area contributed by atoms with Crippen molar-refractivity contribution in [3.8, 4) is 0 Å². The quantitative estimate of drug-likeness (QED) is 0.669. The van der Waals surface area contributed by atoms with Crippen LogP contribution in [0.5, 0.6) is 0 Å². The first-order valence-electron chi connectivity index (χ1n) is 4.59. The van der Waals surface area contributed by atoms with Gasteiger partial charge in [-0.25, -0.2) is 4.98 Å². The van der Waals surface area contributed by atoms with Gasteiger partial charge in [0.05, 0.1) is 0 Å². The predicted octanol–water partition coefficient (Wildman–Crippen LogP) is 1.82. The highest BCUT2D eigenvalue weighted by atomic mass is 15.3. The Balaban J connectivity index is 2.30. The van der Waals surface area contributed by atoms with Crippen molar-refractivity contribution >= 4 is 0 Å². The Hall–Kier alpha value is -0.860. The standard InChI is InChI=1S/C9H15N3/c1-6(2)8-10-9(7-4-5-7)12(3)11-8/h6-7H,4-5H2,1-3H3. The third-order valence-electron chi connectivity index (χ3n) is 2.27. The maximum atomic E-state index is 4.52. The molecule has 1 aliphatic rings. The topological polar surface area (TPSA) is 30.7 Å². The molecule has 0 spiro atoms. The van der Waals surface area contributed by atoms with E-state index in [1.165, 1.54) is 18.7 Å². The highest BCUT2D eigenvalue weighted by Crippen LogP contribution is 2.38. The van der Waals surface area contributed by atoms with Gasteiger partial charge in [0.1, 0.15) is 5.82 Å². The van der Waals surface area contributed by atoms with Crippen LogP contribution < -0.4 is 0 Å². The molecule has 0 aromatic carbocycles. The Bertz CT molecular complexity index is 284. The monoisotopic (exact) mass is 165 g/mol. The average molecular weight is 165 g/mol. The maximum Gasteiger partial charge on any atom is 0.153 e. The van der Waals surface area contributed by atoms with E-state index < -0.39 is 0 Å². The zero-order chi connectivity index (χ0) is 8.72. The molecule has 0 saturated heterocycles. The van der Waals surface area contributed by atoms with Gasteiger partial charge in [0.25, 0.3) is 0 Å². The fraction of sp³-hybridized carbons (Fsp3) is 0.778. The van der Waals surface area contributed by atoms with Crippen molar-refractivity contribution in [2.24, 2.45) is 7.05 Å². The van der Waals surface area contributed by atoms with E-state index in [0.717, 1.165) is 5.82 Å². The molecule has 1 fully saturated rings. The summed E-state index contributed by atoms with van der Waals surface area (Å²) in [5.74, 6) is 3.32. The van der Waals surface area contributed by atoms with E-state index in [1.807, 2.05) is 11.7 Å². The summed E-state index contributed by atoms with van der Waals surface area (Å²) in [5, 5.41) is 4.38. The number of hydrogen-bond donors (Lipinski definition) is 0. The molecule has 2 rings (SSSR count). The number of aromatic nitrogens is 3. The molecule has 1 aromatic heterocycles. The normalized spacial score (nSPS) is 17.3. The maximum absolute atomic E-state index is 4.52. The third-order valence-corrected chi connectivity index (χ3v) is 2.27. The molecule has 12 heavy (non-hydrogen) atoms. The van der Waals surface area contributed by atoms with Crippen LogP contribution in [0.25, 0.3) is 0 Å². The van der Waals surface area contributed by atoms with Gasteiger partial charge in [0.15, 0.2) is 5.82 Å². The molecule has 0 radical (unpaired) electrons. The van der Waals surface area contributed by atoms with Gasteiger partial charge in [-0.2, -0.15) is 5.10 Å². The Kier molecular flexibility index (Phi) is 1.67. The Morgan fingerprint density at radius 1 is 1.42 bits per heavy atom. The highest BCUT2D eigenvalue weighted by Gasteiger charge is 2.29. The first-order chi connectivity index (χ1) is 5.68. The Morgan fingerprint density at radius 3 is 2.50 bits per heavy atom. The smallest absolute Gasteiger partial charge is 0.153 e. The van der Waals surface area contributed by atoms with E-state index in [1.54, 1.807) is 0 Å². The lowest BCUT2D eigenvalue weighted by Crippen LogP contribution is -1.97. The summed E-state index contributed by atoms with van der Waals surface area (Å²) in [6.07, 6.45) is 2.59. The second-order valence-electron chi connectivity index (χ2n) is 3.88. The molecule has 3 nitrogen and oxygen atoms in total. The van der Waals surface area contributed by atoms with Gasteiger partial charge in [-0.05, 0) is 12.8 Å². The van der Waals surface area contributed by atoms with Crippen LogP contribution in [0.1, 0.15) is 50.2 Å². The largest absolute Gasteiger partial charge is 0.253 e. The minimum Gasteiger partial charge on any atom is -0.253 e. The summed E-state index contributed by atoms with van der Waals surface area (Å²) < 4.78 is 1.94. The second kappa shape index (κ2) is 2.57. The number of hydrogen-bond acceptors (Lipinski definition) is 2. The second-order valence-corrected chi connectivity index (χ2v) is 3.88. The van der Waals surface area contributed by atoms with Gasteiger partial charge in [0.2, 0.25) is 0 Å². The van der Waals surface area contributed by atoms with Crippen LogP contribution in [0.15, 0.2) is 0 Å². The van der Waals surface area contributed by atoms with Crippen LogP contribution in [0.2, 0.25) is 0 Å². The molecule has 3 heteroatoms. The summed E-state index contributed by atoms with van der Waals surface area (Å²) in [5.41, 5.74) is 0. The van der Waals surface area contributed by atoms with Crippen molar-refractivity contribution in [2.45, 2.75) is 38.5 Å². The van der Waals surface area contributed by atoms with Crippen LogP contribution in [-0.4, -0.2) is 14.8 Å². The zero-order valence-corrected chi connectivity index (χ0v) is 7.91. The van der Waals surface area contributed by atoms with Crippen LogP contribution in [0.3, 0.4) is 0 Å². The van der Waals surface area contributed by atoms with Gasteiger partial charge in [0, 0.05) is 18.9 Å². The molecule has 0 unspecified atom stereocenters. The minimum absolute atomic E-state index is 0.448. The van der Waals surface area contributed by atoms with Crippen LogP contribution in [-0.2, 0) is 7.05 Å². The first-order valence-corrected chi connectivity index (χ1v) is 4.59. The van der Waals surface area contributed by atoms with E-state index >= 15 is 0 Å². The SMILES string of the molecule is CC(C)c1nc(C2CC2)n(C)n1. The summed E-state index contributed by atoms with van der Waals surface area (Å²) in [6, 6.07) is 0.